The summed E-state index contributed by atoms with van der Waals surface area (Å²) in [7, 11) is 0. The van der Waals surface area contributed by atoms with Crippen molar-refractivity contribution in [2.24, 2.45) is 11.7 Å². The van der Waals surface area contributed by atoms with Gasteiger partial charge in [-0.3, -0.25) is 4.79 Å². The lowest BCUT2D eigenvalue weighted by Crippen LogP contribution is -2.22. The molecule has 0 aromatic heterocycles. The van der Waals surface area contributed by atoms with Crippen molar-refractivity contribution in [3.63, 3.8) is 0 Å². The summed E-state index contributed by atoms with van der Waals surface area (Å²) < 4.78 is 63.5. The number of carboxylic acid groups (broad SMARTS) is 2. The molecule has 4 N–H and O–H groups in total. The van der Waals surface area contributed by atoms with Gasteiger partial charge in [-0.15, -0.1) is 0 Å². The van der Waals surface area contributed by atoms with Crippen molar-refractivity contribution < 1.29 is 50.9 Å². The van der Waals surface area contributed by atoms with Crippen LogP contribution in [0.1, 0.15) is 52.4 Å². The summed E-state index contributed by atoms with van der Waals surface area (Å²) in [5, 5.41) is 14.2. The van der Waals surface area contributed by atoms with Crippen LogP contribution < -0.4 is 5.73 Å². The number of primary amides is 1. The molecule has 0 aliphatic rings. The molecule has 12 heteroatoms. The van der Waals surface area contributed by atoms with Crippen molar-refractivity contribution in [3.8, 4) is 0 Å². The molecule has 0 fully saturated rings. The largest absolute Gasteiger partial charge is 0.490 e. The molecule has 1 atom stereocenters. The van der Waals surface area contributed by atoms with Crippen LogP contribution in [0.5, 0.6) is 0 Å². The lowest BCUT2D eigenvalue weighted by molar-refractivity contribution is -0.193. The molecule has 1 amide bonds. The SMILES string of the molecule is CCCCCCC(CC)C(N)=O.O=C(O)C(F)(F)F.O=C(O)C(F)(F)F. The van der Waals surface area contributed by atoms with Crippen LogP contribution >= 0.6 is 0 Å². The fraction of sp³-hybridized carbons (Fsp3) is 0.786. The van der Waals surface area contributed by atoms with E-state index < -0.39 is 24.3 Å². The van der Waals surface area contributed by atoms with Gasteiger partial charge in [0.1, 0.15) is 0 Å². The fourth-order valence-electron chi connectivity index (χ4n) is 1.37. The second-order valence-corrected chi connectivity index (χ2v) is 4.96. The van der Waals surface area contributed by atoms with E-state index in [0.29, 0.717) is 0 Å². The number of amides is 1. The third-order valence-corrected chi connectivity index (χ3v) is 2.79. The van der Waals surface area contributed by atoms with E-state index in [1.165, 1.54) is 19.3 Å². The van der Waals surface area contributed by atoms with Crippen LogP contribution in [0, 0.1) is 5.92 Å². The zero-order chi connectivity index (χ0) is 21.6. The van der Waals surface area contributed by atoms with Crippen LogP contribution in [-0.4, -0.2) is 40.4 Å². The Hall–Kier alpha value is -2.01. The summed E-state index contributed by atoms with van der Waals surface area (Å²) in [5.41, 5.74) is 5.22. The number of carbonyl (C=O) groups is 3. The van der Waals surface area contributed by atoms with E-state index in [2.05, 4.69) is 6.92 Å². The van der Waals surface area contributed by atoms with Crippen molar-refractivity contribution in [3.05, 3.63) is 0 Å². The minimum absolute atomic E-state index is 0.113. The van der Waals surface area contributed by atoms with E-state index in [0.717, 1.165) is 19.3 Å². The molecule has 156 valence electrons. The Balaban J connectivity index is -0.000000326. The van der Waals surface area contributed by atoms with E-state index in [1.54, 1.807) is 0 Å². The quantitative estimate of drug-likeness (QED) is 0.445. The summed E-state index contributed by atoms with van der Waals surface area (Å²) in [5.74, 6) is -5.53. The summed E-state index contributed by atoms with van der Waals surface area (Å²) in [6.45, 7) is 4.21. The molecule has 0 saturated heterocycles. The van der Waals surface area contributed by atoms with Gasteiger partial charge >= 0.3 is 24.3 Å². The number of hydrogen-bond donors (Lipinski definition) is 3. The highest BCUT2D eigenvalue weighted by atomic mass is 19.4. The monoisotopic (exact) mass is 399 g/mol. The highest BCUT2D eigenvalue weighted by Crippen LogP contribution is 2.14. The van der Waals surface area contributed by atoms with Crippen molar-refractivity contribution in [1.82, 2.24) is 0 Å². The van der Waals surface area contributed by atoms with Gasteiger partial charge in [-0.2, -0.15) is 26.3 Å². The van der Waals surface area contributed by atoms with Crippen molar-refractivity contribution in [1.29, 1.82) is 0 Å². The standard InChI is InChI=1S/C10H21NO.2C2HF3O2/c1-3-5-6-7-8-9(4-2)10(11)12;2*3-2(4,5)1(6)7/h9H,3-8H2,1-2H3,(H2,11,12);2*(H,6,7). The second-order valence-electron chi connectivity index (χ2n) is 4.96. The molecule has 0 aliphatic heterocycles. The number of carboxylic acids is 2. The number of carbonyl (C=O) groups excluding carboxylic acids is 1. The number of rotatable bonds is 7. The zero-order valence-corrected chi connectivity index (χ0v) is 14.3. The van der Waals surface area contributed by atoms with Crippen molar-refractivity contribution in [2.75, 3.05) is 0 Å². The molecule has 0 rings (SSSR count). The molecule has 6 nitrogen and oxygen atoms in total. The van der Waals surface area contributed by atoms with Gasteiger partial charge in [0.2, 0.25) is 5.91 Å². The van der Waals surface area contributed by atoms with E-state index in [9.17, 15) is 31.1 Å². The van der Waals surface area contributed by atoms with Crippen molar-refractivity contribution in [2.45, 2.75) is 64.7 Å². The maximum atomic E-state index is 10.8. The van der Waals surface area contributed by atoms with Gasteiger partial charge in [0.05, 0.1) is 0 Å². The van der Waals surface area contributed by atoms with Gasteiger partial charge in [-0.25, -0.2) is 9.59 Å². The van der Waals surface area contributed by atoms with E-state index in [-0.39, 0.29) is 11.8 Å². The first-order valence-corrected chi connectivity index (χ1v) is 7.50. The van der Waals surface area contributed by atoms with Crippen LogP contribution in [0.25, 0.3) is 0 Å². The number of nitrogens with two attached hydrogens (primary N) is 1. The van der Waals surface area contributed by atoms with Crippen molar-refractivity contribution >= 4 is 17.8 Å². The van der Waals surface area contributed by atoms with Gasteiger partial charge < -0.3 is 15.9 Å². The predicted octanol–water partition coefficient (Wildman–Crippen LogP) is 3.73. The van der Waals surface area contributed by atoms with Gasteiger partial charge in [-0.1, -0.05) is 39.5 Å². The highest BCUT2D eigenvalue weighted by molar-refractivity contribution is 5.76. The summed E-state index contributed by atoms with van der Waals surface area (Å²) in [6.07, 6.45) is -3.40. The third kappa shape index (κ3) is 20.0. The van der Waals surface area contributed by atoms with Crippen LogP contribution in [0.3, 0.4) is 0 Å². The molecule has 1 unspecified atom stereocenters. The average Bonchev–Trinajstić information content (AvgIpc) is 2.46. The minimum atomic E-state index is -5.08. The Morgan fingerprint density at radius 3 is 1.38 bits per heavy atom. The zero-order valence-electron chi connectivity index (χ0n) is 14.3. The number of hydrogen-bond acceptors (Lipinski definition) is 3. The third-order valence-electron chi connectivity index (χ3n) is 2.79. The van der Waals surface area contributed by atoms with E-state index in [1.807, 2.05) is 6.92 Å². The molecule has 0 spiro atoms. The number of aliphatic carboxylic acids is 2. The molecule has 0 radical (unpaired) electrons. The van der Waals surface area contributed by atoms with Crippen LogP contribution in [0.15, 0.2) is 0 Å². The number of unbranched alkanes of at least 4 members (excludes halogenated alkanes) is 3. The second kappa shape index (κ2) is 14.2. The molecule has 0 aliphatic carbocycles. The normalized spacial score (nSPS) is 12.0. The smallest absolute Gasteiger partial charge is 0.475 e. The van der Waals surface area contributed by atoms with Gasteiger partial charge in [0.15, 0.2) is 0 Å². The highest BCUT2D eigenvalue weighted by Gasteiger charge is 2.38. The lowest BCUT2D eigenvalue weighted by atomic mass is 9.98. The molecular formula is C14H23F6NO5. The first-order valence-electron chi connectivity index (χ1n) is 7.50. The Morgan fingerprint density at radius 1 is 0.846 bits per heavy atom. The van der Waals surface area contributed by atoms with E-state index in [4.69, 9.17) is 25.5 Å². The van der Waals surface area contributed by atoms with Crippen LogP contribution in [0.2, 0.25) is 0 Å². The maximum absolute atomic E-state index is 10.8. The topological polar surface area (TPSA) is 118 Å². The molecule has 26 heavy (non-hydrogen) atoms. The Bertz CT molecular complexity index is 399. The van der Waals surface area contributed by atoms with Crippen LogP contribution in [-0.2, 0) is 14.4 Å². The molecular weight excluding hydrogens is 376 g/mol. The fourth-order valence-corrected chi connectivity index (χ4v) is 1.37. The Morgan fingerprint density at radius 2 is 1.19 bits per heavy atom. The minimum Gasteiger partial charge on any atom is -0.475 e. The van der Waals surface area contributed by atoms with Crippen LogP contribution in [0.4, 0.5) is 26.3 Å². The number of alkyl halides is 6. The van der Waals surface area contributed by atoms with Gasteiger partial charge in [0.25, 0.3) is 0 Å². The predicted molar refractivity (Wildman–Crippen MR) is 79.1 cm³/mol. The summed E-state index contributed by atoms with van der Waals surface area (Å²) >= 11 is 0. The molecule has 0 heterocycles. The van der Waals surface area contributed by atoms with Gasteiger partial charge in [0, 0.05) is 5.92 Å². The van der Waals surface area contributed by atoms with E-state index >= 15 is 0 Å². The molecule has 0 aromatic rings. The average molecular weight is 399 g/mol. The Kier molecular flexibility index (Phi) is 15.7. The maximum Gasteiger partial charge on any atom is 0.490 e. The first-order chi connectivity index (χ1) is 11.6. The summed E-state index contributed by atoms with van der Waals surface area (Å²) in [6, 6.07) is 0. The summed E-state index contributed by atoms with van der Waals surface area (Å²) in [4.78, 5) is 28.6. The molecule has 0 bridgehead atoms. The number of halogens is 6. The Labute approximate surface area is 146 Å². The lowest BCUT2D eigenvalue weighted by Gasteiger charge is -2.09. The molecule has 0 aromatic carbocycles. The van der Waals surface area contributed by atoms with Gasteiger partial charge in [-0.05, 0) is 12.8 Å². The first kappa shape index (κ1) is 28.8. The molecule has 0 saturated carbocycles.